The zero-order valence-corrected chi connectivity index (χ0v) is 11.1. The van der Waals surface area contributed by atoms with Crippen LogP contribution in [0.2, 0.25) is 0 Å². The molecule has 1 aromatic rings. The summed E-state index contributed by atoms with van der Waals surface area (Å²) >= 11 is 6.35. The fourth-order valence-corrected chi connectivity index (χ4v) is 2.37. The standard InChI is InChI=1S/C10H7Br2NO3/c1-2-8(14)13-9-6(10(15)16)3-5(11)4-7(9)12/h2-4H,1H2,(H,13,14)(H,15,16). The number of nitrogens with one attached hydrogen (secondary N) is 1. The van der Waals surface area contributed by atoms with Crippen molar-refractivity contribution in [2.75, 3.05) is 5.32 Å². The lowest BCUT2D eigenvalue weighted by Crippen LogP contribution is -2.12. The van der Waals surface area contributed by atoms with E-state index in [1.807, 2.05) is 0 Å². The smallest absolute Gasteiger partial charge is 0.337 e. The average Bonchev–Trinajstić information content (AvgIpc) is 2.20. The van der Waals surface area contributed by atoms with Gasteiger partial charge in [0.25, 0.3) is 0 Å². The Bertz CT molecular complexity index is 471. The van der Waals surface area contributed by atoms with Gasteiger partial charge in [0, 0.05) is 8.95 Å². The van der Waals surface area contributed by atoms with E-state index in [1.54, 1.807) is 6.07 Å². The highest BCUT2D eigenvalue weighted by atomic mass is 79.9. The minimum atomic E-state index is -1.12. The average molecular weight is 349 g/mol. The summed E-state index contributed by atoms with van der Waals surface area (Å²) in [7, 11) is 0. The summed E-state index contributed by atoms with van der Waals surface area (Å²) in [4.78, 5) is 22.1. The molecule has 0 heterocycles. The van der Waals surface area contributed by atoms with Crippen molar-refractivity contribution in [3.05, 3.63) is 39.3 Å². The van der Waals surface area contributed by atoms with E-state index in [2.05, 4.69) is 43.8 Å². The van der Waals surface area contributed by atoms with Gasteiger partial charge in [0.2, 0.25) is 5.91 Å². The topological polar surface area (TPSA) is 66.4 Å². The molecule has 1 amide bonds. The summed E-state index contributed by atoms with van der Waals surface area (Å²) in [6.07, 6.45) is 1.07. The first-order valence-corrected chi connectivity index (χ1v) is 5.70. The molecule has 0 saturated carbocycles. The van der Waals surface area contributed by atoms with Crippen LogP contribution in [0.4, 0.5) is 5.69 Å². The number of aromatic carboxylic acids is 1. The van der Waals surface area contributed by atoms with Crippen LogP contribution in [0, 0.1) is 0 Å². The number of carboxylic acid groups (broad SMARTS) is 1. The van der Waals surface area contributed by atoms with E-state index < -0.39 is 11.9 Å². The molecule has 6 heteroatoms. The Morgan fingerprint density at radius 1 is 1.38 bits per heavy atom. The van der Waals surface area contributed by atoms with E-state index in [9.17, 15) is 9.59 Å². The predicted octanol–water partition coefficient (Wildman–Crippen LogP) is 3.03. The highest BCUT2D eigenvalue weighted by Gasteiger charge is 2.15. The van der Waals surface area contributed by atoms with Crippen molar-refractivity contribution in [2.45, 2.75) is 0 Å². The molecule has 84 valence electrons. The number of carbonyl (C=O) groups excluding carboxylic acids is 1. The number of halogens is 2. The number of anilines is 1. The maximum absolute atomic E-state index is 11.1. The van der Waals surface area contributed by atoms with Crippen LogP contribution in [0.5, 0.6) is 0 Å². The van der Waals surface area contributed by atoms with Crippen LogP contribution in [0.15, 0.2) is 33.7 Å². The van der Waals surface area contributed by atoms with Gasteiger partial charge in [-0.1, -0.05) is 22.5 Å². The van der Waals surface area contributed by atoms with Gasteiger partial charge >= 0.3 is 5.97 Å². The number of hydrogen-bond donors (Lipinski definition) is 2. The summed E-state index contributed by atoms with van der Waals surface area (Å²) in [5.41, 5.74) is 0.206. The van der Waals surface area contributed by atoms with Crippen LogP contribution in [0.1, 0.15) is 10.4 Å². The Kier molecular flexibility index (Phi) is 4.26. The van der Waals surface area contributed by atoms with E-state index >= 15 is 0 Å². The van der Waals surface area contributed by atoms with Gasteiger partial charge in [-0.3, -0.25) is 4.79 Å². The first kappa shape index (κ1) is 12.9. The van der Waals surface area contributed by atoms with Crippen molar-refractivity contribution < 1.29 is 14.7 Å². The van der Waals surface area contributed by atoms with Crippen molar-refractivity contribution in [3.8, 4) is 0 Å². The molecule has 0 aliphatic carbocycles. The number of amides is 1. The lowest BCUT2D eigenvalue weighted by molar-refractivity contribution is -0.111. The molecule has 2 N–H and O–H groups in total. The Morgan fingerprint density at radius 2 is 2.00 bits per heavy atom. The summed E-state index contributed by atoms with van der Waals surface area (Å²) < 4.78 is 1.09. The lowest BCUT2D eigenvalue weighted by atomic mass is 10.2. The van der Waals surface area contributed by atoms with Gasteiger partial charge in [-0.05, 0) is 34.1 Å². The fraction of sp³-hybridized carbons (Fsp3) is 0. The third-order valence-corrected chi connectivity index (χ3v) is 2.80. The van der Waals surface area contributed by atoms with Crippen molar-refractivity contribution >= 4 is 49.4 Å². The van der Waals surface area contributed by atoms with Gasteiger partial charge < -0.3 is 10.4 Å². The Labute approximate surface area is 109 Å². The molecule has 0 aromatic heterocycles. The molecule has 0 atom stereocenters. The fourth-order valence-electron chi connectivity index (χ4n) is 1.04. The van der Waals surface area contributed by atoms with Gasteiger partial charge in [-0.15, -0.1) is 0 Å². The molecule has 0 bridgehead atoms. The van der Waals surface area contributed by atoms with E-state index in [0.717, 1.165) is 6.08 Å². The van der Waals surface area contributed by atoms with Crippen LogP contribution < -0.4 is 5.32 Å². The molecule has 4 nitrogen and oxygen atoms in total. The molecule has 16 heavy (non-hydrogen) atoms. The second kappa shape index (κ2) is 5.27. The second-order valence-electron chi connectivity index (χ2n) is 2.81. The molecule has 1 rings (SSSR count). The molecule has 0 saturated heterocycles. The van der Waals surface area contributed by atoms with Crippen LogP contribution in [-0.4, -0.2) is 17.0 Å². The maximum atomic E-state index is 11.1. The second-order valence-corrected chi connectivity index (χ2v) is 4.58. The first-order valence-electron chi connectivity index (χ1n) is 4.11. The van der Waals surface area contributed by atoms with Gasteiger partial charge in [0.1, 0.15) is 0 Å². The molecular formula is C10H7Br2NO3. The van der Waals surface area contributed by atoms with Gasteiger partial charge in [-0.25, -0.2) is 4.79 Å². The summed E-state index contributed by atoms with van der Waals surface area (Å²) in [6.45, 7) is 3.29. The van der Waals surface area contributed by atoms with E-state index in [0.29, 0.717) is 8.95 Å². The largest absolute Gasteiger partial charge is 0.478 e. The molecule has 0 spiro atoms. The van der Waals surface area contributed by atoms with Crippen molar-refractivity contribution in [1.29, 1.82) is 0 Å². The zero-order chi connectivity index (χ0) is 12.3. The number of carboxylic acids is 1. The van der Waals surface area contributed by atoms with Crippen LogP contribution in [0.25, 0.3) is 0 Å². The van der Waals surface area contributed by atoms with Crippen LogP contribution in [0.3, 0.4) is 0 Å². The lowest BCUT2D eigenvalue weighted by Gasteiger charge is -2.09. The van der Waals surface area contributed by atoms with Gasteiger partial charge in [-0.2, -0.15) is 0 Å². The monoisotopic (exact) mass is 347 g/mol. The predicted molar refractivity (Wildman–Crippen MR) is 67.6 cm³/mol. The minimum Gasteiger partial charge on any atom is -0.478 e. The first-order chi connectivity index (χ1) is 7.45. The minimum absolute atomic E-state index is 0.00329. The molecule has 0 unspecified atom stereocenters. The highest BCUT2D eigenvalue weighted by Crippen LogP contribution is 2.30. The maximum Gasteiger partial charge on any atom is 0.337 e. The number of rotatable bonds is 3. The number of carbonyl (C=O) groups is 2. The van der Waals surface area contributed by atoms with Gasteiger partial charge in [0.05, 0.1) is 11.3 Å². The molecular weight excluding hydrogens is 342 g/mol. The summed E-state index contributed by atoms with van der Waals surface area (Å²) in [6, 6.07) is 3.05. The quantitative estimate of drug-likeness (QED) is 0.825. The summed E-state index contributed by atoms with van der Waals surface area (Å²) in [5.74, 6) is -1.59. The molecule has 0 fully saturated rings. The molecule has 1 aromatic carbocycles. The van der Waals surface area contributed by atoms with E-state index in [-0.39, 0.29) is 11.3 Å². The van der Waals surface area contributed by atoms with E-state index in [1.165, 1.54) is 6.07 Å². The SMILES string of the molecule is C=CC(=O)Nc1c(Br)cc(Br)cc1C(=O)O. The van der Waals surface area contributed by atoms with Crippen molar-refractivity contribution in [3.63, 3.8) is 0 Å². The van der Waals surface area contributed by atoms with Crippen molar-refractivity contribution in [2.24, 2.45) is 0 Å². The Morgan fingerprint density at radius 3 is 2.50 bits per heavy atom. The third kappa shape index (κ3) is 2.93. The third-order valence-electron chi connectivity index (χ3n) is 1.72. The zero-order valence-electron chi connectivity index (χ0n) is 7.96. The summed E-state index contributed by atoms with van der Waals surface area (Å²) in [5, 5.41) is 11.4. The Balaban J connectivity index is 3.29. The Hall–Kier alpha value is -1.14. The van der Waals surface area contributed by atoms with E-state index in [4.69, 9.17) is 5.11 Å². The van der Waals surface area contributed by atoms with Crippen molar-refractivity contribution in [1.82, 2.24) is 0 Å². The molecule has 0 aliphatic heterocycles. The van der Waals surface area contributed by atoms with Crippen LogP contribution in [-0.2, 0) is 4.79 Å². The molecule has 0 radical (unpaired) electrons. The number of hydrogen-bond acceptors (Lipinski definition) is 2. The number of benzene rings is 1. The van der Waals surface area contributed by atoms with Crippen LogP contribution >= 0.6 is 31.9 Å². The molecule has 0 aliphatic rings. The highest BCUT2D eigenvalue weighted by molar-refractivity contribution is 9.11. The van der Waals surface area contributed by atoms with Gasteiger partial charge in [0.15, 0.2) is 0 Å². The normalized spacial score (nSPS) is 9.62.